The van der Waals surface area contributed by atoms with Crippen LogP contribution in [-0.2, 0) is 0 Å². The van der Waals surface area contributed by atoms with Crippen LogP contribution in [0.2, 0.25) is 5.02 Å². The van der Waals surface area contributed by atoms with Crippen molar-refractivity contribution < 1.29 is 0 Å². The highest BCUT2D eigenvalue weighted by Gasteiger charge is 2.18. The van der Waals surface area contributed by atoms with Crippen molar-refractivity contribution in [1.29, 1.82) is 0 Å². The predicted octanol–water partition coefficient (Wildman–Crippen LogP) is 5.45. The van der Waals surface area contributed by atoms with Gasteiger partial charge in [0.1, 0.15) is 0 Å². The molecule has 102 valence electrons. The van der Waals surface area contributed by atoms with Gasteiger partial charge in [0, 0.05) is 17.1 Å². The van der Waals surface area contributed by atoms with Gasteiger partial charge >= 0.3 is 0 Å². The average molecular weight is 294 g/mol. The van der Waals surface area contributed by atoms with E-state index in [4.69, 9.17) is 11.6 Å². The van der Waals surface area contributed by atoms with E-state index in [1.165, 1.54) is 11.1 Å². The lowest BCUT2D eigenvalue weighted by atomic mass is 9.94. The van der Waals surface area contributed by atoms with E-state index in [0.29, 0.717) is 18.0 Å². The summed E-state index contributed by atoms with van der Waals surface area (Å²) in [6.07, 6.45) is 0. The zero-order chi connectivity index (χ0) is 13.8. The van der Waals surface area contributed by atoms with E-state index in [1.807, 2.05) is 12.1 Å². The minimum Gasteiger partial charge on any atom is -0.303 e. The molecule has 1 aromatic carbocycles. The molecule has 3 heteroatoms. The maximum Gasteiger partial charge on any atom is 0.0406 e. The first-order chi connectivity index (χ1) is 9.08. The standard InChI is InChI=1S/C16H20ClNS/c1-11(2)16(13-4-6-15(17)7-5-13)18-12(3)14-8-9-19-10-14/h4-12,16,18H,1-3H3. The Hall–Kier alpha value is -0.830. The van der Waals surface area contributed by atoms with E-state index in [1.54, 1.807) is 11.3 Å². The molecule has 19 heavy (non-hydrogen) atoms. The molecule has 0 aliphatic carbocycles. The molecule has 0 saturated carbocycles. The first-order valence-electron chi connectivity index (χ1n) is 6.61. The molecule has 0 bridgehead atoms. The van der Waals surface area contributed by atoms with Crippen molar-refractivity contribution in [2.45, 2.75) is 32.9 Å². The second-order valence-electron chi connectivity index (χ2n) is 5.22. The van der Waals surface area contributed by atoms with Crippen molar-refractivity contribution in [2.24, 2.45) is 5.92 Å². The maximum absolute atomic E-state index is 5.96. The lowest BCUT2D eigenvalue weighted by molar-refractivity contribution is 0.375. The summed E-state index contributed by atoms with van der Waals surface area (Å²) in [6.45, 7) is 6.70. The lowest BCUT2D eigenvalue weighted by Gasteiger charge is -2.27. The summed E-state index contributed by atoms with van der Waals surface area (Å²) in [7, 11) is 0. The van der Waals surface area contributed by atoms with Crippen LogP contribution >= 0.6 is 22.9 Å². The Morgan fingerprint density at radius 2 is 1.68 bits per heavy atom. The highest BCUT2D eigenvalue weighted by atomic mass is 35.5. The summed E-state index contributed by atoms with van der Waals surface area (Å²) in [4.78, 5) is 0. The smallest absolute Gasteiger partial charge is 0.0406 e. The zero-order valence-corrected chi connectivity index (χ0v) is 13.1. The molecule has 2 aromatic rings. The van der Waals surface area contributed by atoms with Crippen molar-refractivity contribution in [1.82, 2.24) is 5.32 Å². The minimum atomic E-state index is 0.340. The number of thiophene rings is 1. The van der Waals surface area contributed by atoms with Crippen molar-refractivity contribution in [3.05, 3.63) is 57.2 Å². The fourth-order valence-corrected chi connectivity index (χ4v) is 3.11. The van der Waals surface area contributed by atoms with Gasteiger partial charge < -0.3 is 5.32 Å². The molecule has 0 amide bonds. The van der Waals surface area contributed by atoms with Crippen LogP contribution in [0.15, 0.2) is 41.1 Å². The molecule has 2 rings (SSSR count). The Labute approximate surface area is 124 Å². The molecule has 2 atom stereocenters. The Morgan fingerprint density at radius 3 is 2.21 bits per heavy atom. The third-order valence-corrected chi connectivity index (χ3v) is 4.32. The predicted molar refractivity (Wildman–Crippen MR) is 84.9 cm³/mol. The third kappa shape index (κ3) is 3.82. The topological polar surface area (TPSA) is 12.0 Å². The largest absolute Gasteiger partial charge is 0.303 e. The first kappa shape index (κ1) is 14.6. The van der Waals surface area contributed by atoms with Crippen LogP contribution in [0.25, 0.3) is 0 Å². The molecule has 1 heterocycles. The number of hydrogen-bond acceptors (Lipinski definition) is 2. The van der Waals surface area contributed by atoms with E-state index in [2.05, 4.69) is 55.0 Å². The fourth-order valence-electron chi connectivity index (χ4n) is 2.23. The maximum atomic E-state index is 5.96. The Morgan fingerprint density at radius 1 is 1.00 bits per heavy atom. The number of rotatable bonds is 5. The Bertz CT molecular complexity index is 490. The van der Waals surface area contributed by atoms with Crippen molar-refractivity contribution >= 4 is 22.9 Å². The van der Waals surface area contributed by atoms with Gasteiger partial charge in [0.15, 0.2) is 0 Å². The van der Waals surface area contributed by atoms with Crippen LogP contribution in [0.1, 0.15) is 44.0 Å². The number of nitrogens with one attached hydrogen (secondary N) is 1. The summed E-state index contributed by atoms with van der Waals surface area (Å²) in [5, 5.41) is 8.84. The molecule has 0 aliphatic rings. The molecule has 0 spiro atoms. The number of benzene rings is 1. The summed E-state index contributed by atoms with van der Waals surface area (Å²) in [6, 6.07) is 11.0. The van der Waals surface area contributed by atoms with Gasteiger partial charge in [-0.2, -0.15) is 11.3 Å². The highest BCUT2D eigenvalue weighted by Crippen LogP contribution is 2.27. The van der Waals surface area contributed by atoms with E-state index >= 15 is 0 Å². The SMILES string of the molecule is CC(NC(c1ccc(Cl)cc1)C(C)C)c1ccsc1. The number of hydrogen-bond donors (Lipinski definition) is 1. The van der Waals surface area contributed by atoms with E-state index in [0.717, 1.165) is 5.02 Å². The van der Waals surface area contributed by atoms with Gasteiger partial charge in [0.05, 0.1) is 0 Å². The minimum absolute atomic E-state index is 0.340. The molecule has 0 aliphatic heterocycles. The molecule has 0 radical (unpaired) electrons. The van der Waals surface area contributed by atoms with Gasteiger partial charge in [-0.3, -0.25) is 0 Å². The lowest BCUT2D eigenvalue weighted by Crippen LogP contribution is -2.28. The van der Waals surface area contributed by atoms with Gasteiger partial charge in [-0.15, -0.1) is 0 Å². The van der Waals surface area contributed by atoms with E-state index in [-0.39, 0.29) is 0 Å². The first-order valence-corrected chi connectivity index (χ1v) is 7.93. The summed E-state index contributed by atoms with van der Waals surface area (Å²) >= 11 is 7.71. The van der Waals surface area contributed by atoms with Crippen LogP contribution < -0.4 is 5.32 Å². The average Bonchev–Trinajstić information content (AvgIpc) is 2.90. The van der Waals surface area contributed by atoms with E-state index in [9.17, 15) is 0 Å². The molecule has 0 fully saturated rings. The molecule has 2 unspecified atom stereocenters. The molecule has 1 N–H and O–H groups in total. The highest BCUT2D eigenvalue weighted by molar-refractivity contribution is 7.07. The third-order valence-electron chi connectivity index (χ3n) is 3.37. The summed E-state index contributed by atoms with van der Waals surface area (Å²) < 4.78 is 0. The van der Waals surface area contributed by atoms with Crippen LogP contribution in [0.5, 0.6) is 0 Å². The molecular weight excluding hydrogens is 274 g/mol. The van der Waals surface area contributed by atoms with E-state index < -0.39 is 0 Å². The monoisotopic (exact) mass is 293 g/mol. The zero-order valence-electron chi connectivity index (χ0n) is 11.6. The second-order valence-corrected chi connectivity index (χ2v) is 6.43. The molecular formula is C16H20ClNS. The van der Waals surface area contributed by atoms with Crippen molar-refractivity contribution in [2.75, 3.05) is 0 Å². The van der Waals surface area contributed by atoms with Crippen molar-refractivity contribution in [3.8, 4) is 0 Å². The quantitative estimate of drug-likeness (QED) is 0.773. The second kappa shape index (κ2) is 6.56. The molecule has 1 aromatic heterocycles. The molecule has 1 nitrogen and oxygen atoms in total. The normalized spacial score (nSPS) is 14.6. The van der Waals surface area contributed by atoms with Gasteiger partial charge in [-0.05, 0) is 52.9 Å². The Kier molecular flexibility index (Phi) is 5.03. The van der Waals surface area contributed by atoms with Gasteiger partial charge in [-0.1, -0.05) is 37.6 Å². The van der Waals surface area contributed by atoms with Crippen LogP contribution in [0.4, 0.5) is 0 Å². The van der Waals surface area contributed by atoms with Gasteiger partial charge in [-0.25, -0.2) is 0 Å². The fraction of sp³-hybridized carbons (Fsp3) is 0.375. The van der Waals surface area contributed by atoms with Crippen molar-refractivity contribution in [3.63, 3.8) is 0 Å². The Balaban J connectivity index is 2.14. The van der Waals surface area contributed by atoms with Crippen LogP contribution in [0.3, 0.4) is 0 Å². The van der Waals surface area contributed by atoms with Crippen LogP contribution in [0, 0.1) is 5.92 Å². The number of halogens is 1. The van der Waals surface area contributed by atoms with Crippen LogP contribution in [-0.4, -0.2) is 0 Å². The summed E-state index contributed by atoms with van der Waals surface area (Å²) in [5.74, 6) is 0.530. The van der Waals surface area contributed by atoms with Gasteiger partial charge in [0.25, 0.3) is 0 Å². The van der Waals surface area contributed by atoms with Gasteiger partial charge in [0.2, 0.25) is 0 Å². The molecule has 0 saturated heterocycles. The summed E-state index contributed by atoms with van der Waals surface area (Å²) in [5.41, 5.74) is 2.64.